The maximum absolute atomic E-state index is 4.90. The fourth-order valence-electron chi connectivity index (χ4n) is 3.26. The van der Waals surface area contributed by atoms with Crippen LogP contribution in [0.2, 0.25) is 0 Å². The van der Waals surface area contributed by atoms with Gasteiger partial charge in [0.15, 0.2) is 0 Å². The molecule has 0 saturated heterocycles. The van der Waals surface area contributed by atoms with Crippen LogP contribution in [0.3, 0.4) is 0 Å². The highest BCUT2D eigenvalue weighted by Gasteiger charge is 2.20. The second-order valence-electron chi connectivity index (χ2n) is 7.55. The maximum Gasteiger partial charge on any atom is 0.0413 e. The van der Waals surface area contributed by atoms with Crippen LogP contribution >= 0.6 is 0 Å². The van der Waals surface area contributed by atoms with Crippen molar-refractivity contribution in [2.75, 3.05) is 0 Å². The van der Waals surface area contributed by atoms with Crippen LogP contribution < -0.4 is 0 Å². The average Bonchev–Trinajstić information content (AvgIpc) is 2.44. The molecule has 0 spiro atoms. The van der Waals surface area contributed by atoms with Gasteiger partial charge in [-0.15, -0.1) is 0 Å². The second-order valence-corrected chi connectivity index (χ2v) is 7.55. The smallest absolute Gasteiger partial charge is 0.0413 e. The number of hydrogen-bond donors (Lipinski definition) is 0. The van der Waals surface area contributed by atoms with E-state index in [0.717, 1.165) is 12.8 Å². The molecule has 1 nitrogen and oxygen atoms in total. The number of allylic oxidation sites excluding steroid dienone is 4. The number of pyridine rings is 1. The van der Waals surface area contributed by atoms with E-state index in [-0.39, 0.29) is 0 Å². The minimum atomic E-state index is 0.570. The van der Waals surface area contributed by atoms with E-state index in [4.69, 9.17) is 4.98 Å². The average molecular weight is 297 g/mol. The van der Waals surface area contributed by atoms with E-state index in [1.54, 1.807) is 0 Å². The molecule has 22 heavy (non-hydrogen) atoms. The Morgan fingerprint density at radius 1 is 1.09 bits per heavy atom. The number of aromatic nitrogens is 1. The van der Waals surface area contributed by atoms with Gasteiger partial charge in [0.25, 0.3) is 0 Å². The summed E-state index contributed by atoms with van der Waals surface area (Å²) in [6, 6.07) is 6.52. The first-order valence-electron chi connectivity index (χ1n) is 8.78. The van der Waals surface area contributed by atoms with E-state index < -0.39 is 0 Å². The molecule has 1 heteroatoms. The van der Waals surface area contributed by atoms with E-state index in [9.17, 15) is 0 Å². The van der Waals surface area contributed by atoms with Crippen LogP contribution in [0.15, 0.2) is 42.0 Å². The Kier molecular flexibility index (Phi) is 5.99. The molecule has 2 atom stereocenters. The van der Waals surface area contributed by atoms with Crippen molar-refractivity contribution >= 4 is 0 Å². The normalized spacial score (nSPS) is 19.6. The van der Waals surface area contributed by atoms with Gasteiger partial charge in [-0.1, -0.05) is 58.9 Å². The highest BCUT2D eigenvalue weighted by atomic mass is 14.7. The van der Waals surface area contributed by atoms with Gasteiger partial charge in [-0.25, -0.2) is 0 Å². The van der Waals surface area contributed by atoms with Gasteiger partial charge in [-0.2, -0.15) is 0 Å². The first-order valence-corrected chi connectivity index (χ1v) is 8.78. The van der Waals surface area contributed by atoms with Crippen LogP contribution in [-0.2, 0) is 12.8 Å². The zero-order valence-electron chi connectivity index (χ0n) is 14.8. The quantitative estimate of drug-likeness (QED) is 0.664. The van der Waals surface area contributed by atoms with Crippen molar-refractivity contribution in [3.8, 4) is 0 Å². The molecule has 1 aliphatic carbocycles. The Morgan fingerprint density at radius 3 is 2.36 bits per heavy atom. The standard InChI is InChI=1S/C21H31N/c1-15(2)12-19-10-7-11-20(22-19)14-21(16(3)4)18-9-6-8-17(5)13-18/h6-7,9-11,13,15-17,21H,8,12,14H2,1-5H3. The highest BCUT2D eigenvalue weighted by Crippen LogP contribution is 2.30. The molecule has 1 heterocycles. The van der Waals surface area contributed by atoms with Gasteiger partial charge >= 0.3 is 0 Å². The summed E-state index contributed by atoms with van der Waals surface area (Å²) in [5, 5.41) is 0. The van der Waals surface area contributed by atoms with Crippen molar-refractivity contribution in [1.29, 1.82) is 0 Å². The molecule has 0 aromatic carbocycles. The third kappa shape index (κ3) is 4.83. The second kappa shape index (κ2) is 7.76. The predicted molar refractivity (Wildman–Crippen MR) is 95.8 cm³/mol. The van der Waals surface area contributed by atoms with Gasteiger partial charge in [0.1, 0.15) is 0 Å². The largest absolute Gasteiger partial charge is 0.258 e. The molecular formula is C21H31N. The van der Waals surface area contributed by atoms with Gasteiger partial charge < -0.3 is 0 Å². The van der Waals surface area contributed by atoms with Crippen molar-refractivity contribution in [2.45, 2.75) is 53.9 Å². The maximum atomic E-state index is 4.90. The highest BCUT2D eigenvalue weighted by molar-refractivity contribution is 5.28. The topological polar surface area (TPSA) is 12.9 Å². The Labute approximate surface area is 136 Å². The van der Waals surface area contributed by atoms with Gasteiger partial charge in [0, 0.05) is 11.4 Å². The number of hydrogen-bond acceptors (Lipinski definition) is 1. The zero-order valence-corrected chi connectivity index (χ0v) is 14.8. The third-order valence-corrected chi connectivity index (χ3v) is 4.44. The monoisotopic (exact) mass is 297 g/mol. The number of nitrogens with zero attached hydrogens (tertiary/aromatic N) is 1. The fraction of sp³-hybridized carbons (Fsp3) is 0.571. The first kappa shape index (κ1) is 17.0. The van der Waals surface area contributed by atoms with E-state index in [0.29, 0.717) is 23.7 Å². The van der Waals surface area contributed by atoms with Crippen molar-refractivity contribution in [1.82, 2.24) is 4.98 Å². The Hall–Kier alpha value is -1.37. The lowest BCUT2D eigenvalue weighted by Gasteiger charge is -2.25. The molecule has 0 aliphatic heterocycles. The minimum Gasteiger partial charge on any atom is -0.258 e. The summed E-state index contributed by atoms with van der Waals surface area (Å²) in [4.78, 5) is 4.90. The molecular weight excluding hydrogens is 266 g/mol. The van der Waals surface area contributed by atoms with Crippen LogP contribution in [0.4, 0.5) is 0 Å². The lowest BCUT2D eigenvalue weighted by molar-refractivity contribution is 0.437. The van der Waals surface area contributed by atoms with Gasteiger partial charge in [0.2, 0.25) is 0 Å². The molecule has 0 bridgehead atoms. The molecule has 0 fully saturated rings. The molecule has 120 valence electrons. The number of rotatable bonds is 6. The van der Waals surface area contributed by atoms with Crippen LogP contribution in [0, 0.1) is 23.7 Å². The summed E-state index contributed by atoms with van der Waals surface area (Å²) in [6.07, 6.45) is 10.4. The van der Waals surface area contributed by atoms with E-state index in [2.05, 4.69) is 71.0 Å². The van der Waals surface area contributed by atoms with Crippen LogP contribution in [0.25, 0.3) is 0 Å². The first-order chi connectivity index (χ1) is 10.5. The Balaban J connectivity index is 2.16. The Bertz CT molecular complexity index is 537. The molecule has 1 aromatic rings. The molecule has 2 unspecified atom stereocenters. The van der Waals surface area contributed by atoms with Crippen molar-refractivity contribution < 1.29 is 0 Å². The molecule has 1 aromatic heterocycles. The third-order valence-electron chi connectivity index (χ3n) is 4.44. The summed E-state index contributed by atoms with van der Waals surface area (Å²) < 4.78 is 0. The fourth-order valence-corrected chi connectivity index (χ4v) is 3.26. The van der Waals surface area contributed by atoms with Crippen LogP contribution in [0.5, 0.6) is 0 Å². The van der Waals surface area contributed by atoms with Crippen LogP contribution in [-0.4, -0.2) is 4.98 Å². The van der Waals surface area contributed by atoms with E-state index in [1.165, 1.54) is 23.4 Å². The molecule has 0 amide bonds. The summed E-state index contributed by atoms with van der Waals surface area (Å²) in [7, 11) is 0. The molecule has 0 N–H and O–H groups in total. The SMILES string of the molecule is CC(C)Cc1cccc(CC(C2=CC(C)CC=C2)C(C)C)n1. The molecule has 2 rings (SSSR count). The lowest BCUT2D eigenvalue weighted by Crippen LogP contribution is -2.17. The molecule has 0 saturated carbocycles. The lowest BCUT2D eigenvalue weighted by atomic mass is 9.80. The van der Waals surface area contributed by atoms with Crippen molar-refractivity contribution in [2.24, 2.45) is 23.7 Å². The summed E-state index contributed by atoms with van der Waals surface area (Å²) in [6.45, 7) is 11.5. The predicted octanol–water partition coefficient (Wildman–Crippen LogP) is 5.62. The molecule has 0 radical (unpaired) electrons. The van der Waals surface area contributed by atoms with E-state index in [1.807, 2.05) is 0 Å². The van der Waals surface area contributed by atoms with Crippen molar-refractivity contribution in [3.05, 3.63) is 53.4 Å². The molecule has 1 aliphatic rings. The minimum absolute atomic E-state index is 0.570. The van der Waals surface area contributed by atoms with Crippen LogP contribution in [0.1, 0.15) is 52.4 Å². The Morgan fingerprint density at radius 2 is 1.77 bits per heavy atom. The van der Waals surface area contributed by atoms with Crippen molar-refractivity contribution in [3.63, 3.8) is 0 Å². The van der Waals surface area contributed by atoms with Gasteiger partial charge in [0.05, 0.1) is 0 Å². The van der Waals surface area contributed by atoms with Gasteiger partial charge in [-0.3, -0.25) is 4.98 Å². The summed E-state index contributed by atoms with van der Waals surface area (Å²) in [5.41, 5.74) is 3.98. The van der Waals surface area contributed by atoms with Gasteiger partial charge in [-0.05, 0) is 60.6 Å². The zero-order chi connectivity index (χ0) is 16.1. The van der Waals surface area contributed by atoms with E-state index >= 15 is 0 Å². The summed E-state index contributed by atoms with van der Waals surface area (Å²) >= 11 is 0. The summed E-state index contributed by atoms with van der Waals surface area (Å²) in [5.74, 6) is 2.53.